The molecule has 0 saturated carbocycles. The molecule has 2 nitrogen and oxygen atoms in total. The number of hydrogen-bond donors (Lipinski definition) is 1. The SMILES string of the molecule is CC1(C)CCc2cc(C(F)(F)CN)ccc2O1. The van der Waals surface area contributed by atoms with E-state index in [0.717, 1.165) is 18.4 Å². The summed E-state index contributed by atoms with van der Waals surface area (Å²) in [5, 5.41) is 0. The molecule has 1 aliphatic heterocycles. The van der Waals surface area contributed by atoms with E-state index in [0.29, 0.717) is 5.75 Å². The van der Waals surface area contributed by atoms with Crippen molar-refractivity contribution in [3.63, 3.8) is 0 Å². The maximum absolute atomic E-state index is 13.4. The fourth-order valence-electron chi connectivity index (χ4n) is 2.00. The molecule has 0 aliphatic carbocycles. The average molecular weight is 241 g/mol. The Bertz CT molecular complexity index is 429. The van der Waals surface area contributed by atoms with Crippen LogP contribution in [0.1, 0.15) is 31.4 Å². The third-order valence-corrected chi connectivity index (χ3v) is 3.12. The summed E-state index contributed by atoms with van der Waals surface area (Å²) in [6.45, 7) is 3.33. The van der Waals surface area contributed by atoms with Crippen molar-refractivity contribution in [3.05, 3.63) is 29.3 Å². The lowest BCUT2D eigenvalue weighted by molar-refractivity contribution is 0.00556. The molecule has 0 spiro atoms. The number of benzene rings is 1. The van der Waals surface area contributed by atoms with Crippen LogP contribution in [0.25, 0.3) is 0 Å². The first-order valence-electron chi connectivity index (χ1n) is 5.74. The van der Waals surface area contributed by atoms with Crippen molar-refractivity contribution in [1.82, 2.24) is 0 Å². The Hall–Kier alpha value is -1.16. The first-order chi connectivity index (χ1) is 7.84. The van der Waals surface area contributed by atoms with Crippen LogP contribution in [-0.4, -0.2) is 12.1 Å². The Morgan fingerprint density at radius 1 is 1.41 bits per heavy atom. The summed E-state index contributed by atoms with van der Waals surface area (Å²) in [6, 6.07) is 4.53. The average Bonchev–Trinajstić information content (AvgIpc) is 2.27. The molecule has 0 amide bonds. The first kappa shape index (κ1) is 12.3. The van der Waals surface area contributed by atoms with Crippen LogP contribution in [0.2, 0.25) is 0 Å². The summed E-state index contributed by atoms with van der Waals surface area (Å²) in [6.07, 6.45) is 1.59. The van der Waals surface area contributed by atoms with E-state index in [1.54, 1.807) is 6.07 Å². The molecule has 0 aromatic heterocycles. The smallest absolute Gasteiger partial charge is 0.285 e. The van der Waals surface area contributed by atoms with Crippen LogP contribution in [0.5, 0.6) is 5.75 Å². The van der Waals surface area contributed by atoms with Gasteiger partial charge in [0.2, 0.25) is 0 Å². The van der Waals surface area contributed by atoms with Crippen molar-refractivity contribution in [3.8, 4) is 5.75 Å². The Kier molecular flexibility index (Phi) is 2.86. The highest BCUT2D eigenvalue weighted by molar-refractivity contribution is 5.41. The Morgan fingerprint density at radius 3 is 2.76 bits per heavy atom. The second-order valence-corrected chi connectivity index (χ2v) is 5.09. The number of rotatable bonds is 2. The molecule has 0 atom stereocenters. The molecular weight excluding hydrogens is 224 g/mol. The van der Waals surface area contributed by atoms with Gasteiger partial charge < -0.3 is 10.5 Å². The van der Waals surface area contributed by atoms with Crippen molar-refractivity contribution in [2.24, 2.45) is 5.73 Å². The molecule has 2 rings (SSSR count). The highest BCUT2D eigenvalue weighted by Crippen LogP contribution is 2.36. The van der Waals surface area contributed by atoms with Crippen LogP contribution in [0, 0.1) is 0 Å². The quantitative estimate of drug-likeness (QED) is 0.864. The lowest BCUT2D eigenvalue weighted by atomic mass is 9.92. The van der Waals surface area contributed by atoms with Crippen LogP contribution < -0.4 is 10.5 Å². The topological polar surface area (TPSA) is 35.2 Å². The Labute approximate surface area is 99.8 Å². The number of halogens is 2. The van der Waals surface area contributed by atoms with Crippen LogP contribution in [0.3, 0.4) is 0 Å². The third kappa shape index (κ3) is 2.41. The third-order valence-electron chi connectivity index (χ3n) is 3.12. The molecule has 1 heterocycles. The number of alkyl halides is 2. The van der Waals surface area contributed by atoms with Gasteiger partial charge >= 0.3 is 0 Å². The summed E-state index contributed by atoms with van der Waals surface area (Å²) in [5.74, 6) is -2.25. The van der Waals surface area contributed by atoms with E-state index in [1.165, 1.54) is 12.1 Å². The van der Waals surface area contributed by atoms with E-state index < -0.39 is 12.5 Å². The summed E-state index contributed by atoms with van der Waals surface area (Å²) in [7, 11) is 0. The van der Waals surface area contributed by atoms with Gasteiger partial charge in [0, 0.05) is 5.56 Å². The van der Waals surface area contributed by atoms with Crippen molar-refractivity contribution in [1.29, 1.82) is 0 Å². The summed E-state index contributed by atoms with van der Waals surface area (Å²) >= 11 is 0. The zero-order chi connectivity index (χ0) is 12.7. The van der Waals surface area contributed by atoms with E-state index in [4.69, 9.17) is 10.5 Å². The van der Waals surface area contributed by atoms with Crippen molar-refractivity contribution in [2.45, 2.75) is 38.2 Å². The maximum Gasteiger partial charge on any atom is 0.285 e. The molecule has 1 aromatic carbocycles. The van der Waals surface area contributed by atoms with Gasteiger partial charge in [0.1, 0.15) is 11.4 Å². The van der Waals surface area contributed by atoms with Gasteiger partial charge in [-0.2, -0.15) is 8.78 Å². The molecule has 17 heavy (non-hydrogen) atoms. The fraction of sp³-hybridized carbons (Fsp3) is 0.538. The Balaban J connectivity index is 2.34. The molecule has 4 heteroatoms. The van der Waals surface area contributed by atoms with Gasteiger partial charge in [0.15, 0.2) is 0 Å². The van der Waals surface area contributed by atoms with Crippen molar-refractivity contribution >= 4 is 0 Å². The van der Waals surface area contributed by atoms with Crippen LogP contribution in [0.15, 0.2) is 18.2 Å². The van der Waals surface area contributed by atoms with Gasteiger partial charge in [0.25, 0.3) is 5.92 Å². The lowest BCUT2D eigenvalue weighted by Gasteiger charge is -2.33. The number of aryl methyl sites for hydroxylation is 1. The normalized spacial score (nSPS) is 18.4. The molecule has 1 aliphatic rings. The second kappa shape index (κ2) is 3.95. The van der Waals surface area contributed by atoms with Crippen LogP contribution >= 0.6 is 0 Å². The van der Waals surface area contributed by atoms with E-state index in [1.807, 2.05) is 13.8 Å². The number of ether oxygens (including phenoxy) is 1. The molecule has 0 radical (unpaired) electrons. The zero-order valence-electron chi connectivity index (χ0n) is 10.1. The highest BCUT2D eigenvalue weighted by atomic mass is 19.3. The summed E-state index contributed by atoms with van der Waals surface area (Å²) < 4.78 is 32.6. The van der Waals surface area contributed by atoms with Crippen LogP contribution in [0.4, 0.5) is 8.78 Å². The standard InChI is InChI=1S/C13H17F2NO/c1-12(2)6-5-9-7-10(13(14,15)8-16)3-4-11(9)17-12/h3-4,7H,5-6,8,16H2,1-2H3. The van der Waals surface area contributed by atoms with Gasteiger partial charge in [-0.25, -0.2) is 0 Å². The van der Waals surface area contributed by atoms with Gasteiger partial charge in [0.05, 0.1) is 6.54 Å². The minimum atomic E-state index is -2.96. The molecule has 1 aromatic rings. The lowest BCUT2D eigenvalue weighted by Crippen LogP contribution is -2.33. The first-order valence-corrected chi connectivity index (χ1v) is 5.74. The van der Waals surface area contributed by atoms with Gasteiger partial charge in [-0.05, 0) is 50.5 Å². The summed E-state index contributed by atoms with van der Waals surface area (Å²) in [5.41, 5.74) is 5.68. The zero-order valence-corrected chi connectivity index (χ0v) is 10.1. The minimum Gasteiger partial charge on any atom is -0.488 e. The van der Waals surface area contributed by atoms with Gasteiger partial charge in [-0.1, -0.05) is 0 Å². The number of fused-ring (bicyclic) bond motifs is 1. The van der Waals surface area contributed by atoms with Gasteiger partial charge in [-0.15, -0.1) is 0 Å². The van der Waals surface area contributed by atoms with E-state index in [-0.39, 0.29) is 11.2 Å². The maximum atomic E-state index is 13.4. The second-order valence-electron chi connectivity index (χ2n) is 5.09. The Morgan fingerprint density at radius 2 is 2.12 bits per heavy atom. The van der Waals surface area contributed by atoms with Crippen molar-refractivity contribution in [2.75, 3.05) is 6.54 Å². The number of hydrogen-bond acceptors (Lipinski definition) is 2. The molecular formula is C13H17F2NO. The molecule has 0 saturated heterocycles. The number of nitrogens with two attached hydrogens (primary N) is 1. The minimum absolute atomic E-state index is 0.0259. The summed E-state index contributed by atoms with van der Waals surface area (Å²) in [4.78, 5) is 0. The van der Waals surface area contributed by atoms with E-state index in [9.17, 15) is 8.78 Å². The van der Waals surface area contributed by atoms with E-state index in [2.05, 4.69) is 0 Å². The fourth-order valence-corrected chi connectivity index (χ4v) is 2.00. The predicted octanol–water partition coefficient (Wildman–Crippen LogP) is 2.84. The monoisotopic (exact) mass is 241 g/mol. The molecule has 2 N–H and O–H groups in total. The molecule has 94 valence electrons. The van der Waals surface area contributed by atoms with E-state index >= 15 is 0 Å². The molecule has 0 unspecified atom stereocenters. The van der Waals surface area contributed by atoms with Gasteiger partial charge in [-0.3, -0.25) is 0 Å². The van der Waals surface area contributed by atoms with Crippen LogP contribution in [-0.2, 0) is 12.3 Å². The largest absolute Gasteiger partial charge is 0.488 e. The van der Waals surface area contributed by atoms with Crippen molar-refractivity contribution < 1.29 is 13.5 Å². The highest BCUT2D eigenvalue weighted by Gasteiger charge is 2.32. The predicted molar refractivity (Wildman–Crippen MR) is 62.4 cm³/mol. The molecule has 0 bridgehead atoms. The molecule has 0 fully saturated rings.